The molecule has 3 saturated carbocycles. The summed E-state index contributed by atoms with van der Waals surface area (Å²) in [7, 11) is 0. The third-order valence-corrected chi connectivity index (χ3v) is 8.79. The lowest BCUT2D eigenvalue weighted by molar-refractivity contribution is 0.0166. The van der Waals surface area contributed by atoms with E-state index in [-0.39, 0.29) is 16.4 Å². The molecule has 2 aromatic heterocycles. The van der Waals surface area contributed by atoms with Crippen LogP contribution in [0.4, 0.5) is 19.4 Å². The number of hydrogen-bond donors (Lipinski definition) is 1. The van der Waals surface area contributed by atoms with Gasteiger partial charge in [0.25, 0.3) is 5.92 Å². The van der Waals surface area contributed by atoms with Crippen LogP contribution in [0.5, 0.6) is 5.75 Å². The molecule has 214 valence electrons. The van der Waals surface area contributed by atoms with Gasteiger partial charge in [0.05, 0.1) is 0 Å². The van der Waals surface area contributed by atoms with Crippen molar-refractivity contribution in [3.05, 3.63) is 72.2 Å². The summed E-state index contributed by atoms with van der Waals surface area (Å²) in [6, 6.07) is 16.3. The molecule has 3 aliphatic rings. The number of carbonyl (C=O) groups is 1. The van der Waals surface area contributed by atoms with Crippen LogP contribution in [0.15, 0.2) is 60.9 Å². The first-order chi connectivity index (χ1) is 19.3. The first-order valence-electron chi connectivity index (χ1n) is 13.9. The number of rotatable bonds is 8. The standard InChI is InChI=1S/C32H34F2N4O3/c1-29(2,20-35)41-25-7-4-22(5-8-25)23-10-17-36-27(18-23)38(28(39)40)21-31-11-14-32(15-12-31,16-13-31)26-9-6-24(19-37-26)30(3,33)34/h4-10,17-19H,11-16,21H2,1-3H3,(H,39,40). The average molecular weight is 561 g/mol. The van der Waals surface area contributed by atoms with Gasteiger partial charge in [-0.15, -0.1) is 0 Å². The first kappa shape index (κ1) is 28.5. The first-order valence-corrected chi connectivity index (χ1v) is 13.9. The molecule has 7 nitrogen and oxygen atoms in total. The van der Waals surface area contributed by atoms with E-state index in [2.05, 4.69) is 16.0 Å². The average Bonchev–Trinajstić information content (AvgIpc) is 2.97. The summed E-state index contributed by atoms with van der Waals surface area (Å²) in [4.78, 5) is 22.7. The molecule has 0 atom stereocenters. The Bertz CT molecular complexity index is 1440. The van der Waals surface area contributed by atoms with Gasteiger partial charge in [0.2, 0.25) is 0 Å². The van der Waals surface area contributed by atoms with Crippen molar-refractivity contribution in [2.75, 3.05) is 11.4 Å². The van der Waals surface area contributed by atoms with Gasteiger partial charge >= 0.3 is 6.09 Å². The molecule has 2 heterocycles. The zero-order valence-corrected chi connectivity index (χ0v) is 23.5. The van der Waals surface area contributed by atoms with E-state index in [1.807, 2.05) is 18.2 Å². The van der Waals surface area contributed by atoms with Gasteiger partial charge in [0.15, 0.2) is 5.60 Å². The molecule has 9 heteroatoms. The summed E-state index contributed by atoms with van der Waals surface area (Å²) >= 11 is 0. The van der Waals surface area contributed by atoms with E-state index in [4.69, 9.17) is 4.74 Å². The molecule has 3 aliphatic carbocycles. The van der Waals surface area contributed by atoms with E-state index in [0.29, 0.717) is 18.1 Å². The van der Waals surface area contributed by atoms with Crippen LogP contribution in [0, 0.1) is 16.7 Å². The van der Waals surface area contributed by atoms with Crippen molar-refractivity contribution in [2.24, 2.45) is 5.41 Å². The van der Waals surface area contributed by atoms with E-state index in [1.165, 1.54) is 17.2 Å². The number of hydrogen-bond acceptors (Lipinski definition) is 5. The fourth-order valence-corrected chi connectivity index (χ4v) is 6.21. The van der Waals surface area contributed by atoms with Gasteiger partial charge in [0, 0.05) is 42.5 Å². The fraction of sp³-hybridized carbons (Fsp3) is 0.438. The molecular weight excluding hydrogens is 526 g/mol. The number of halogens is 2. The summed E-state index contributed by atoms with van der Waals surface area (Å²) in [6.07, 6.45) is 6.91. The summed E-state index contributed by atoms with van der Waals surface area (Å²) in [5, 5.41) is 19.4. The monoisotopic (exact) mass is 560 g/mol. The molecule has 1 amide bonds. The number of ether oxygens (including phenoxy) is 1. The predicted molar refractivity (Wildman–Crippen MR) is 151 cm³/mol. The van der Waals surface area contributed by atoms with Crippen LogP contribution in [0.1, 0.15) is 70.6 Å². The number of anilines is 1. The van der Waals surface area contributed by atoms with Gasteiger partial charge in [0.1, 0.15) is 17.6 Å². The molecule has 6 rings (SSSR count). The minimum atomic E-state index is -2.92. The van der Waals surface area contributed by atoms with E-state index in [9.17, 15) is 23.9 Å². The second-order valence-electron chi connectivity index (χ2n) is 12.1. The Morgan fingerprint density at radius 3 is 2.20 bits per heavy atom. The Hall–Kier alpha value is -4.06. The van der Waals surface area contributed by atoms with Crippen LogP contribution in [-0.2, 0) is 11.3 Å². The van der Waals surface area contributed by atoms with Crippen LogP contribution in [0.2, 0.25) is 0 Å². The number of fused-ring (bicyclic) bond motifs is 3. The van der Waals surface area contributed by atoms with Gasteiger partial charge in [-0.3, -0.25) is 9.88 Å². The van der Waals surface area contributed by atoms with Gasteiger partial charge in [-0.2, -0.15) is 5.26 Å². The zero-order valence-electron chi connectivity index (χ0n) is 23.5. The quantitative estimate of drug-likeness (QED) is 0.303. The molecule has 1 aromatic carbocycles. The minimum absolute atomic E-state index is 0.0855. The molecule has 2 bridgehead atoms. The third kappa shape index (κ3) is 5.88. The lowest BCUT2D eigenvalue weighted by Gasteiger charge is -2.54. The minimum Gasteiger partial charge on any atom is -0.473 e. The van der Waals surface area contributed by atoms with Crippen LogP contribution >= 0.6 is 0 Å². The predicted octanol–water partition coefficient (Wildman–Crippen LogP) is 7.71. The van der Waals surface area contributed by atoms with Gasteiger partial charge < -0.3 is 9.84 Å². The fourth-order valence-electron chi connectivity index (χ4n) is 6.21. The maximum absolute atomic E-state index is 13.7. The van der Waals surface area contributed by atoms with Crippen LogP contribution in [0.3, 0.4) is 0 Å². The molecule has 0 aliphatic heterocycles. The van der Waals surface area contributed by atoms with E-state index < -0.39 is 17.6 Å². The van der Waals surface area contributed by atoms with Crippen LogP contribution < -0.4 is 9.64 Å². The van der Waals surface area contributed by atoms with Gasteiger partial charge in [-0.1, -0.05) is 12.1 Å². The normalized spacial score (nSPS) is 22.1. The molecule has 0 spiro atoms. The summed E-state index contributed by atoms with van der Waals surface area (Å²) in [5.41, 5.74) is 1.21. The largest absolute Gasteiger partial charge is 0.473 e. The third-order valence-electron chi connectivity index (χ3n) is 8.79. The van der Waals surface area contributed by atoms with Crippen molar-refractivity contribution in [3.63, 3.8) is 0 Å². The van der Waals surface area contributed by atoms with Crippen molar-refractivity contribution < 1.29 is 23.4 Å². The smallest absolute Gasteiger partial charge is 0.413 e. The summed E-state index contributed by atoms with van der Waals surface area (Å²) in [6.45, 7) is 4.61. The Morgan fingerprint density at radius 1 is 1.00 bits per heavy atom. The van der Waals surface area contributed by atoms with Crippen molar-refractivity contribution in [1.82, 2.24) is 9.97 Å². The van der Waals surface area contributed by atoms with E-state index >= 15 is 0 Å². The topological polar surface area (TPSA) is 99.3 Å². The number of amides is 1. The zero-order chi connectivity index (χ0) is 29.5. The molecule has 0 saturated heterocycles. The van der Waals surface area contributed by atoms with Crippen molar-refractivity contribution in [1.29, 1.82) is 5.26 Å². The van der Waals surface area contributed by atoms with Gasteiger partial charge in [-0.05, 0) is 105 Å². The van der Waals surface area contributed by atoms with Crippen LogP contribution in [-0.4, -0.2) is 33.3 Å². The highest BCUT2D eigenvalue weighted by atomic mass is 19.3. The number of nitriles is 1. The highest BCUT2D eigenvalue weighted by molar-refractivity contribution is 5.86. The van der Waals surface area contributed by atoms with E-state index in [1.54, 1.807) is 44.3 Å². The highest BCUT2D eigenvalue weighted by Crippen LogP contribution is 2.57. The maximum Gasteiger partial charge on any atom is 0.413 e. The van der Waals surface area contributed by atoms with Crippen molar-refractivity contribution >= 4 is 11.9 Å². The summed E-state index contributed by atoms with van der Waals surface area (Å²) in [5.74, 6) is -1.98. The number of pyridine rings is 2. The van der Waals surface area contributed by atoms with Crippen LogP contribution in [0.25, 0.3) is 11.1 Å². The molecule has 3 aromatic rings. The second-order valence-corrected chi connectivity index (χ2v) is 12.1. The lowest BCUT2D eigenvalue weighted by atomic mass is 9.52. The molecule has 1 N–H and O–H groups in total. The molecule has 0 radical (unpaired) electrons. The Morgan fingerprint density at radius 2 is 1.66 bits per heavy atom. The Kier molecular flexibility index (Phi) is 7.22. The maximum atomic E-state index is 13.7. The number of benzene rings is 1. The molecule has 0 unspecified atom stereocenters. The second kappa shape index (κ2) is 10.4. The summed E-state index contributed by atoms with van der Waals surface area (Å²) < 4.78 is 33.1. The van der Waals surface area contributed by atoms with E-state index in [0.717, 1.165) is 62.3 Å². The van der Waals surface area contributed by atoms with Crippen molar-refractivity contribution in [3.8, 4) is 22.9 Å². The highest BCUT2D eigenvalue weighted by Gasteiger charge is 2.51. The molecule has 41 heavy (non-hydrogen) atoms. The van der Waals surface area contributed by atoms with Gasteiger partial charge in [-0.25, -0.2) is 18.6 Å². The number of carboxylic acid groups (broad SMARTS) is 1. The number of aromatic nitrogens is 2. The Balaban J connectivity index is 1.30. The molecular formula is C32H34F2N4O3. The SMILES string of the molecule is CC(C)(C#N)Oc1ccc(-c2ccnc(N(CC34CCC(c5ccc(C(C)(F)F)cn5)(CC3)CC4)C(=O)O)c2)cc1. The number of nitrogens with zero attached hydrogens (tertiary/aromatic N) is 4. The van der Waals surface area contributed by atoms with Crippen molar-refractivity contribution in [2.45, 2.75) is 76.2 Å². The molecule has 3 fully saturated rings. The lowest BCUT2D eigenvalue weighted by Crippen LogP contribution is -2.50. The Labute approximate surface area is 238 Å². The number of alkyl halides is 2.